The fourth-order valence-electron chi connectivity index (χ4n) is 3.25. The molecule has 0 heterocycles. The van der Waals surface area contributed by atoms with Crippen molar-refractivity contribution in [3.05, 3.63) is 24.3 Å². The van der Waals surface area contributed by atoms with Crippen LogP contribution in [0.4, 0.5) is 5.69 Å². The van der Waals surface area contributed by atoms with Crippen molar-refractivity contribution in [2.24, 2.45) is 17.6 Å². The molecule has 2 rings (SSSR count). The first kappa shape index (κ1) is 14.2. The van der Waals surface area contributed by atoms with Crippen molar-refractivity contribution < 1.29 is 4.74 Å². The number of anilines is 1. The average Bonchev–Trinajstić information content (AvgIpc) is 2.43. The Balaban J connectivity index is 2.23. The van der Waals surface area contributed by atoms with E-state index in [9.17, 15) is 0 Å². The number of nitrogens with two attached hydrogens (primary N) is 1. The van der Waals surface area contributed by atoms with Crippen LogP contribution in [-0.2, 0) is 0 Å². The van der Waals surface area contributed by atoms with Gasteiger partial charge in [-0.05, 0) is 43.2 Å². The summed E-state index contributed by atoms with van der Waals surface area (Å²) in [5.74, 6) is 2.27. The number of methoxy groups -OCH3 is 1. The molecule has 3 heteroatoms. The second kappa shape index (κ2) is 5.83. The normalized spacial score (nSPS) is 30.9. The van der Waals surface area contributed by atoms with Crippen molar-refractivity contribution in [2.45, 2.75) is 38.6 Å². The lowest BCUT2D eigenvalue weighted by Gasteiger charge is -2.45. The molecule has 0 saturated heterocycles. The van der Waals surface area contributed by atoms with Gasteiger partial charge in [-0.25, -0.2) is 0 Å². The highest BCUT2D eigenvalue weighted by molar-refractivity contribution is 5.58. The summed E-state index contributed by atoms with van der Waals surface area (Å²) in [6, 6.07) is 8.08. The van der Waals surface area contributed by atoms with E-state index in [0.717, 1.165) is 23.8 Å². The van der Waals surface area contributed by atoms with E-state index in [1.165, 1.54) is 12.8 Å². The number of para-hydroxylation sites is 2. The van der Waals surface area contributed by atoms with E-state index in [4.69, 9.17) is 10.5 Å². The molecule has 0 radical (unpaired) electrons. The Hall–Kier alpha value is -1.22. The molecule has 3 atom stereocenters. The molecule has 3 nitrogen and oxygen atoms in total. The lowest BCUT2D eigenvalue weighted by molar-refractivity contribution is 0.189. The summed E-state index contributed by atoms with van der Waals surface area (Å²) in [5, 5.41) is 3.68. The maximum absolute atomic E-state index is 6.11. The molecule has 19 heavy (non-hydrogen) atoms. The zero-order chi connectivity index (χ0) is 13.9. The Morgan fingerprint density at radius 1 is 1.37 bits per heavy atom. The highest BCUT2D eigenvalue weighted by Gasteiger charge is 2.39. The summed E-state index contributed by atoms with van der Waals surface area (Å²) in [7, 11) is 1.71. The quantitative estimate of drug-likeness (QED) is 0.875. The molecule has 1 aliphatic rings. The van der Waals surface area contributed by atoms with Crippen LogP contribution in [0, 0.1) is 11.8 Å². The van der Waals surface area contributed by atoms with E-state index in [0.29, 0.717) is 12.5 Å². The second-order valence-electron chi connectivity index (χ2n) is 5.97. The summed E-state index contributed by atoms with van der Waals surface area (Å²) < 4.78 is 5.43. The second-order valence-corrected chi connectivity index (χ2v) is 5.97. The van der Waals surface area contributed by atoms with Crippen LogP contribution in [0.3, 0.4) is 0 Å². The zero-order valence-electron chi connectivity index (χ0n) is 12.3. The minimum Gasteiger partial charge on any atom is -0.495 e. The molecule has 1 saturated carbocycles. The Kier molecular flexibility index (Phi) is 4.35. The number of nitrogens with one attached hydrogen (secondary N) is 1. The van der Waals surface area contributed by atoms with Gasteiger partial charge in [-0.15, -0.1) is 0 Å². The Labute approximate surface area is 116 Å². The van der Waals surface area contributed by atoms with Crippen LogP contribution >= 0.6 is 0 Å². The van der Waals surface area contributed by atoms with Gasteiger partial charge in [-0.1, -0.05) is 26.0 Å². The summed E-state index contributed by atoms with van der Waals surface area (Å²) in [6.07, 6.45) is 3.60. The monoisotopic (exact) mass is 262 g/mol. The predicted octanol–water partition coefficient (Wildman–Crippen LogP) is 3.26. The molecule has 3 N–H and O–H groups in total. The van der Waals surface area contributed by atoms with Crippen LogP contribution in [-0.4, -0.2) is 19.2 Å². The maximum atomic E-state index is 6.11. The lowest BCUT2D eigenvalue weighted by Crippen LogP contribution is -2.53. The van der Waals surface area contributed by atoms with E-state index in [1.807, 2.05) is 18.2 Å². The van der Waals surface area contributed by atoms with Gasteiger partial charge in [-0.2, -0.15) is 0 Å². The van der Waals surface area contributed by atoms with Crippen LogP contribution in [0.1, 0.15) is 33.1 Å². The SMILES string of the molecule is COc1ccccc1NC1(CN)CCC(C)CC1C. The third-order valence-corrected chi connectivity index (χ3v) is 4.64. The molecule has 0 spiro atoms. The number of benzene rings is 1. The smallest absolute Gasteiger partial charge is 0.141 e. The van der Waals surface area contributed by atoms with Crippen LogP contribution in [0.2, 0.25) is 0 Å². The Morgan fingerprint density at radius 2 is 2.11 bits per heavy atom. The average molecular weight is 262 g/mol. The summed E-state index contributed by atoms with van der Waals surface area (Å²) in [4.78, 5) is 0. The molecule has 0 aromatic heterocycles. The van der Waals surface area contributed by atoms with Crippen molar-refractivity contribution in [3.63, 3.8) is 0 Å². The first-order valence-electron chi connectivity index (χ1n) is 7.22. The molecular weight excluding hydrogens is 236 g/mol. The molecule has 0 amide bonds. The van der Waals surface area contributed by atoms with Crippen LogP contribution in [0.5, 0.6) is 5.75 Å². The summed E-state index contributed by atoms with van der Waals surface area (Å²) in [6.45, 7) is 5.31. The maximum Gasteiger partial charge on any atom is 0.141 e. The summed E-state index contributed by atoms with van der Waals surface area (Å²) in [5.41, 5.74) is 7.16. The third kappa shape index (κ3) is 2.86. The van der Waals surface area contributed by atoms with Gasteiger partial charge >= 0.3 is 0 Å². The number of ether oxygens (including phenoxy) is 1. The number of hydrogen-bond acceptors (Lipinski definition) is 3. The zero-order valence-corrected chi connectivity index (χ0v) is 12.3. The van der Waals surface area contributed by atoms with Crippen molar-refractivity contribution in [2.75, 3.05) is 19.0 Å². The van der Waals surface area contributed by atoms with Gasteiger partial charge in [0.2, 0.25) is 0 Å². The highest BCUT2D eigenvalue weighted by Crippen LogP contribution is 2.40. The van der Waals surface area contributed by atoms with Gasteiger partial charge in [0.15, 0.2) is 0 Å². The largest absolute Gasteiger partial charge is 0.495 e. The minimum atomic E-state index is 0.00113. The van der Waals surface area contributed by atoms with Gasteiger partial charge in [-0.3, -0.25) is 0 Å². The molecule has 1 aromatic rings. The molecule has 0 aliphatic heterocycles. The molecule has 0 bridgehead atoms. The topological polar surface area (TPSA) is 47.3 Å². The van der Waals surface area contributed by atoms with Crippen molar-refractivity contribution in [3.8, 4) is 5.75 Å². The third-order valence-electron chi connectivity index (χ3n) is 4.64. The molecule has 1 aliphatic carbocycles. The Bertz CT molecular complexity index is 421. The van der Waals surface area contributed by atoms with E-state index in [2.05, 4.69) is 25.2 Å². The molecule has 106 valence electrons. The van der Waals surface area contributed by atoms with E-state index >= 15 is 0 Å². The Morgan fingerprint density at radius 3 is 2.74 bits per heavy atom. The first-order valence-corrected chi connectivity index (χ1v) is 7.22. The van der Waals surface area contributed by atoms with Crippen molar-refractivity contribution in [1.82, 2.24) is 0 Å². The fourth-order valence-corrected chi connectivity index (χ4v) is 3.25. The van der Waals surface area contributed by atoms with Gasteiger partial charge in [0.1, 0.15) is 5.75 Å². The van der Waals surface area contributed by atoms with E-state index in [1.54, 1.807) is 7.11 Å². The molecule has 1 fully saturated rings. The molecule has 1 aromatic carbocycles. The first-order chi connectivity index (χ1) is 9.11. The number of hydrogen-bond donors (Lipinski definition) is 2. The number of rotatable bonds is 4. The van der Waals surface area contributed by atoms with Gasteiger partial charge < -0.3 is 15.8 Å². The van der Waals surface area contributed by atoms with Crippen LogP contribution in [0.25, 0.3) is 0 Å². The minimum absolute atomic E-state index is 0.00113. The van der Waals surface area contributed by atoms with Crippen LogP contribution in [0.15, 0.2) is 24.3 Å². The van der Waals surface area contributed by atoms with Gasteiger partial charge in [0.05, 0.1) is 18.3 Å². The fraction of sp³-hybridized carbons (Fsp3) is 0.625. The van der Waals surface area contributed by atoms with Crippen molar-refractivity contribution >= 4 is 5.69 Å². The van der Waals surface area contributed by atoms with Gasteiger partial charge in [0, 0.05) is 6.54 Å². The van der Waals surface area contributed by atoms with E-state index < -0.39 is 0 Å². The molecule has 3 unspecified atom stereocenters. The predicted molar refractivity (Wildman–Crippen MR) is 80.6 cm³/mol. The summed E-state index contributed by atoms with van der Waals surface area (Å²) >= 11 is 0. The van der Waals surface area contributed by atoms with Gasteiger partial charge in [0.25, 0.3) is 0 Å². The van der Waals surface area contributed by atoms with E-state index in [-0.39, 0.29) is 5.54 Å². The molecular formula is C16H26N2O. The standard InChI is InChI=1S/C16H26N2O/c1-12-8-9-16(11-17,13(2)10-12)18-14-6-4-5-7-15(14)19-3/h4-7,12-13,18H,8-11,17H2,1-3H3. The van der Waals surface area contributed by atoms with Crippen LogP contribution < -0.4 is 15.8 Å². The highest BCUT2D eigenvalue weighted by atomic mass is 16.5. The lowest BCUT2D eigenvalue weighted by atomic mass is 9.70. The van der Waals surface area contributed by atoms with Crippen molar-refractivity contribution in [1.29, 1.82) is 0 Å².